The number of aryl methyl sites for hydroxylation is 2. The summed E-state index contributed by atoms with van der Waals surface area (Å²) in [5, 5.41) is 0. The molecule has 0 spiro atoms. The van der Waals surface area contributed by atoms with Gasteiger partial charge in [-0.25, -0.2) is 4.57 Å². The van der Waals surface area contributed by atoms with Crippen LogP contribution in [0.25, 0.3) is 16.9 Å². The van der Waals surface area contributed by atoms with E-state index in [1.807, 2.05) is 31.2 Å². The highest BCUT2D eigenvalue weighted by Crippen LogP contribution is 2.54. The molecule has 0 amide bonds. The summed E-state index contributed by atoms with van der Waals surface area (Å²) < 4.78 is 36.0. The molecule has 1 aliphatic heterocycles. The first-order valence-electron chi connectivity index (χ1n) is 11.4. The lowest BCUT2D eigenvalue weighted by Gasteiger charge is -2.27. The van der Waals surface area contributed by atoms with Crippen LogP contribution >= 0.6 is 7.60 Å². The van der Waals surface area contributed by atoms with E-state index in [1.54, 1.807) is 0 Å². The SMILES string of the molecule is C=C1Oc2cc(CCCCC)cc(OP(=O)(CCCOC(C)=O)OC)c2-c2cc(C)ccc21. The molecule has 0 radical (unpaired) electrons. The predicted molar refractivity (Wildman–Crippen MR) is 131 cm³/mol. The Morgan fingerprint density at radius 2 is 1.91 bits per heavy atom. The fraction of sp³-hybridized carbons (Fsp3) is 0.423. The van der Waals surface area contributed by atoms with Gasteiger partial charge in [0.2, 0.25) is 0 Å². The second-order valence-corrected chi connectivity index (χ2v) is 10.5. The van der Waals surface area contributed by atoms with Gasteiger partial charge in [-0.05, 0) is 43.9 Å². The monoisotopic (exact) mass is 472 g/mol. The third-order valence-electron chi connectivity index (χ3n) is 5.57. The lowest BCUT2D eigenvalue weighted by molar-refractivity contribution is -0.140. The first kappa shape index (κ1) is 25.1. The molecule has 7 heteroatoms. The van der Waals surface area contributed by atoms with Crippen molar-refractivity contribution in [2.75, 3.05) is 19.9 Å². The molecule has 33 heavy (non-hydrogen) atoms. The second kappa shape index (κ2) is 11.0. The minimum Gasteiger partial charge on any atom is -0.466 e. The number of fused-ring (bicyclic) bond motifs is 3. The smallest absolute Gasteiger partial charge is 0.379 e. The van der Waals surface area contributed by atoms with Crippen molar-refractivity contribution < 1.29 is 27.9 Å². The van der Waals surface area contributed by atoms with Crippen molar-refractivity contribution in [1.82, 2.24) is 0 Å². The molecule has 0 N–H and O–H groups in total. The van der Waals surface area contributed by atoms with Gasteiger partial charge in [-0.1, -0.05) is 50.1 Å². The molecule has 0 aliphatic carbocycles. The van der Waals surface area contributed by atoms with E-state index in [9.17, 15) is 9.36 Å². The number of rotatable bonds is 11. The van der Waals surface area contributed by atoms with E-state index in [0.29, 0.717) is 23.7 Å². The highest BCUT2D eigenvalue weighted by molar-refractivity contribution is 7.54. The van der Waals surface area contributed by atoms with Crippen LogP contribution in [0.2, 0.25) is 0 Å². The quantitative estimate of drug-likeness (QED) is 0.201. The zero-order chi connectivity index (χ0) is 24.0. The zero-order valence-corrected chi connectivity index (χ0v) is 20.8. The fourth-order valence-electron chi connectivity index (χ4n) is 3.88. The van der Waals surface area contributed by atoms with Crippen LogP contribution in [0, 0.1) is 6.92 Å². The van der Waals surface area contributed by atoms with Gasteiger partial charge >= 0.3 is 13.6 Å². The van der Waals surface area contributed by atoms with Crippen LogP contribution in [0.4, 0.5) is 0 Å². The first-order chi connectivity index (χ1) is 15.8. The van der Waals surface area contributed by atoms with Crippen LogP contribution in [-0.4, -0.2) is 25.8 Å². The lowest BCUT2D eigenvalue weighted by atomic mass is 9.91. The summed E-state index contributed by atoms with van der Waals surface area (Å²) in [6, 6.07) is 10.0. The van der Waals surface area contributed by atoms with Gasteiger partial charge < -0.3 is 18.5 Å². The summed E-state index contributed by atoms with van der Waals surface area (Å²) in [6.45, 7) is 9.78. The van der Waals surface area contributed by atoms with E-state index < -0.39 is 7.60 Å². The van der Waals surface area contributed by atoms with Crippen molar-refractivity contribution in [3.63, 3.8) is 0 Å². The normalized spacial score (nSPS) is 14.0. The first-order valence-corrected chi connectivity index (χ1v) is 13.1. The maximum Gasteiger partial charge on any atom is 0.379 e. The van der Waals surface area contributed by atoms with Gasteiger partial charge in [-0.3, -0.25) is 4.79 Å². The molecule has 0 aromatic heterocycles. The van der Waals surface area contributed by atoms with Crippen molar-refractivity contribution >= 4 is 19.3 Å². The number of hydrogen-bond donors (Lipinski definition) is 0. The van der Waals surface area contributed by atoms with Crippen LogP contribution < -0.4 is 9.26 Å². The van der Waals surface area contributed by atoms with E-state index in [-0.39, 0.29) is 18.7 Å². The molecule has 0 saturated heterocycles. The summed E-state index contributed by atoms with van der Waals surface area (Å²) in [5.74, 6) is 1.31. The molecule has 1 heterocycles. The average molecular weight is 473 g/mol. The van der Waals surface area contributed by atoms with Gasteiger partial charge in [0, 0.05) is 25.2 Å². The van der Waals surface area contributed by atoms with Crippen molar-refractivity contribution in [1.29, 1.82) is 0 Å². The molecule has 0 bridgehead atoms. The van der Waals surface area contributed by atoms with Gasteiger partial charge in [-0.15, -0.1) is 0 Å². The summed E-state index contributed by atoms with van der Waals surface area (Å²) >= 11 is 0. The fourth-order valence-corrected chi connectivity index (χ4v) is 5.19. The third kappa shape index (κ3) is 6.27. The minimum atomic E-state index is -3.49. The summed E-state index contributed by atoms with van der Waals surface area (Å²) in [6.07, 6.45) is 4.63. The van der Waals surface area contributed by atoms with Crippen molar-refractivity contribution in [3.8, 4) is 22.6 Å². The number of esters is 1. The Balaban J connectivity index is 2.00. The Hall–Kier alpha value is -2.56. The molecule has 3 rings (SSSR count). The molecule has 1 aliphatic rings. The Morgan fingerprint density at radius 1 is 1.12 bits per heavy atom. The summed E-state index contributed by atoms with van der Waals surface area (Å²) in [4.78, 5) is 11.0. The molecular weight excluding hydrogens is 439 g/mol. The minimum absolute atomic E-state index is 0.125. The molecule has 6 nitrogen and oxygen atoms in total. The molecule has 2 aromatic rings. The van der Waals surface area contributed by atoms with Crippen LogP contribution in [0.15, 0.2) is 36.9 Å². The predicted octanol–water partition coefficient (Wildman–Crippen LogP) is 6.93. The number of benzene rings is 2. The van der Waals surface area contributed by atoms with Crippen LogP contribution in [-0.2, 0) is 25.0 Å². The Morgan fingerprint density at radius 3 is 2.61 bits per heavy atom. The number of unbranched alkanes of at least 4 members (excludes halogenated alkanes) is 2. The molecule has 1 atom stereocenters. The van der Waals surface area contributed by atoms with Gasteiger partial charge in [0.05, 0.1) is 18.3 Å². The highest BCUT2D eigenvalue weighted by Gasteiger charge is 2.30. The van der Waals surface area contributed by atoms with Crippen LogP contribution in [0.5, 0.6) is 11.5 Å². The van der Waals surface area contributed by atoms with E-state index in [0.717, 1.165) is 53.5 Å². The summed E-state index contributed by atoms with van der Waals surface area (Å²) in [7, 11) is -2.11. The number of ether oxygens (including phenoxy) is 2. The average Bonchev–Trinajstić information content (AvgIpc) is 2.76. The van der Waals surface area contributed by atoms with E-state index in [1.165, 1.54) is 14.0 Å². The molecule has 1 unspecified atom stereocenters. The van der Waals surface area contributed by atoms with Crippen LogP contribution in [0.1, 0.15) is 56.2 Å². The Labute approximate surface area is 196 Å². The van der Waals surface area contributed by atoms with Crippen LogP contribution in [0.3, 0.4) is 0 Å². The maximum absolute atomic E-state index is 13.5. The van der Waals surface area contributed by atoms with Crippen molar-refractivity contribution in [2.24, 2.45) is 0 Å². The summed E-state index contributed by atoms with van der Waals surface area (Å²) in [5.41, 5.74) is 4.68. The molecule has 0 saturated carbocycles. The van der Waals surface area contributed by atoms with Crippen molar-refractivity contribution in [3.05, 3.63) is 53.6 Å². The van der Waals surface area contributed by atoms with Gasteiger partial charge in [0.15, 0.2) is 0 Å². The molecule has 178 valence electrons. The largest absolute Gasteiger partial charge is 0.466 e. The standard InChI is InChI=1S/C26H33O6P/c1-6-7-8-10-21-16-24-26(23-15-18(2)11-12-22(23)19(3)31-24)25(17-21)32-33(28,29-5)14-9-13-30-20(4)27/h11-12,15-17H,3,6-10,13-14H2,1-2,4-5H3. The lowest BCUT2D eigenvalue weighted by Crippen LogP contribution is -2.09. The Bertz CT molecular complexity index is 1070. The molecule has 0 fully saturated rings. The van der Waals surface area contributed by atoms with E-state index in [4.69, 9.17) is 18.5 Å². The van der Waals surface area contributed by atoms with Gasteiger partial charge in [-0.2, -0.15) is 0 Å². The Kier molecular flexibility index (Phi) is 8.39. The topological polar surface area (TPSA) is 71.1 Å². The van der Waals surface area contributed by atoms with Crippen molar-refractivity contribution in [2.45, 2.75) is 52.9 Å². The van der Waals surface area contributed by atoms with E-state index >= 15 is 0 Å². The second-order valence-electron chi connectivity index (χ2n) is 8.30. The number of carbonyl (C=O) groups excluding carboxylic acids is 1. The maximum atomic E-state index is 13.5. The highest BCUT2D eigenvalue weighted by atomic mass is 31.2. The van der Waals surface area contributed by atoms with E-state index in [2.05, 4.69) is 19.6 Å². The van der Waals surface area contributed by atoms with Gasteiger partial charge in [0.25, 0.3) is 0 Å². The number of carbonyl (C=O) groups is 1. The molecular formula is C26H33O6P. The van der Waals surface area contributed by atoms with Gasteiger partial charge in [0.1, 0.15) is 17.3 Å². The number of hydrogen-bond acceptors (Lipinski definition) is 6. The molecule has 2 aromatic carbocycles. The zero-order valence-electron chi connectivity index (χ0n) is 19.9. The third-order valence-corrected chi connectivity index (χ3v) is 7.47.